The minimum absolute atomic E-state index is 0.132. The lowest BCUT2D eigenvalue weighted by Gasteiger charge is -2.19. The first-order chi connectivity index (χ1) is 15.9. The first kappa shape index (κ1) is 21.1. The number of hydrogen-bond acceptors (Lipinski definition) is 4. The van der Waals surface area contributed by atoms with Gasteiger partial charge in [-0.15, -0.1) is 10.2 Å². The highest BCUT2D eigenvalue weighted by Crippen LogP contribution is 2.36. The Morgan fingerprint density at radius 2 is 1.48 bits per heavy atom. The van der Waals surface area contributed by atoms with Crippen LogP contribution in [0.3, 0.4) is 0 Å². The van der Waals surface area contributed by atoms with Crippen molar-refractivity contribution in [3.8, 4) is 22.5 Å². The molecule has 1 aliphatic rings. The molecule has 1 aliphatic carbocycles. The normalized spacial score (nSPS) is 13.6. The molecular formula is C29H27N3O. The third-order valence-electron chi connectivity index (χ3n) is 6.04. The topological polar surface area (TPSA) is 47.4 Å². The number of hydrogen-bond donors (Lipinski definition) is 0. The van der Waals surface area contributed by atoms with Gasteiger partial charge < -0.3 is 4.84 Å². The monoisotopic (exact) mass is 433 g/mol. The molecule has 0 radical (unpaired) electrons. The SMILES string of the molecule is Cc1ccc(-c2cc3c(nn2)-c2ccccc2C3=NOCc2ccc(C(C)(C)C)cc2)cc1. The van der Waals surface area contributed by atoms with E-state index in [-0.39, 0.29) is 5.41 Å². The van der Waals surface area contributed by atoms with Crippen molar-refractivity contribution in [3.05, 3.63) is 107 Å². The molecule has 0 bridgehead atoms. The largest absolute Gasteiger partial charge is 0.390 e. The lowest BCUT2D eigenvalue weighted by atomic mass is 9.87. The quantitative estimate of drug-likeness (QED) is 0.296. The second-order valence-corrected chi connectivity index (χ2v) is 9.56. The van der Waals surface area contributed by atoms with Crippen LogP contribution in [0.2, 0.25) is 0 Å². The van der Waals surface area contributed by atoms with Crippen LogP contribution in [0.1, 0.15) is 48.6 Å². The number of aromatic nitrogens is 2. The van der Waals surface area contributed by atoms with E-state index in [2.05, 4.69) is 110 Å². The maximum Gasteiger partial charge on any atom is 0.142 e. The second-order valence-electron chi connectivity index (χ2n) is 9.56. The van der Waals surface area contributed by atoms with Gasteiger partial charge in [-0.1, -0.05) is 104 Å². The summed E-state index contributed by atoms with van der Waals surface area (Å²) >= 11 is 0. The minimum atomic E-state index is 0.132. The van der Waals surface area contributed by atoms with Crippen molar-refractivity contribution in [1.82, 2.24) is 10.2 Å². The van der Waals surface area contributed by atoms with Gasteiger partial charge in [0, 0.05) is 22.3 Å². The van der Waals surface area contributed by atoms with Gasteiger partial charge in [0.05, 0.1) is 5.69 Å². The molecular weight excluding hydrogens is 406 g/mol. The molecule has 4 heteroatoms. The number of oxime groups is 1. The fourth-order valence-corrected chi connectivity index (χ4v) is 4.05. The Morgan fingerprint density at radius 3 is 2.18 bits per heavy atom. The Hall–Kier alpha value is -3.79. The molecule has 1 aromatic heterocycles. The van der Waals surface area contributed by atoms with E-state index in [4.69, 9.17) is 4.84 Å². The molecule has 0 N–H and O–H groups in total. The summed E-state index contributed by atoms with van der Waals surface area (Å²) in [5.41, 5.74) is 10.2. The number of aryl methyl sites for hydroxylation is 1. The van der Waals surface area contributed by atoms with Crippen molar-refractivity contribution >= 4 is 5.71 Å². The summed E-state index contributed by atoms with van der Waals surface area (Å²) in [6.45, 7) is 9.13. The van der Waals surface area contributed by atoms with Crippen LogP contribution in [0.25, 0.3) is 22.5 Å². The zero-order valence-corrected chi connectivity index (χ0v) is 19.5. The van der Waals surface area contributed by atoms with Gasteiger partial charge in [0.2, 0.25) is 0 Å². The van der Waals surface area contributed by atoms with E-state index >= 15 is 0 Å². The number of fused-ring (bicyclic) bond motifs is 3. The van der Waals surface area contributed by atoms with Crippen LogP contribution in [0.4, 0.5) is 0 Å². The van der Waals surface area contributed by atoms with Crippen LogP contribution in [0.5, 0.6) is 0 Å². The summed E-state index contributed by atoms with van der Waals surface area (Å²) in [4.78, 5) is 5.84. The van der Waals surface area contributed by atoms with E-state index in [0.29, 0.717) is 6.61 Å². The van der Waals surface area contributed by atoms with E-state index in [9.17, 15) is 0 Å². The van der Waals surface area contributed by atoms with Gasteiger partial charge >= 0.3 is 0 Å². The molecule has 0 amide bonds. The summed E-state index contributed by atoms with van der Waals surface area (Å²) in [5.74, 6) is 0. The lowest BCUT2D eigenvalue weighted by molar-refractivity contribution is 0.131. The van der Waals surface area contributed by atoms with Crippen molar-refractivity contribution in [2.75, 3.05) is 0 Å². The molecule has 1 heterocycles. The molecule has 0 aliphatic heterocycles. The molecule has 4 nitrogen and oxygen atoms in total. The minimum Gasteiger partial charge on any atom is -0.390 e. The van der Waals surface area contributed by atoms with Gasteiger partial charge in [0.15, 0.2) is 0 Å². The maximum atomic E-state index is 5.84. The van der Waals surface area contributed by atoms with Gasteiger partial charge in [-0.3, -0.25) is 0 Å². The van der Waals surface area contributed by atoms with Crippen LogP contribution in [-0.4, -0.2) is 15.9 Å². The zero-order chi connectivity index (χ0) is 23.0. The van der Waals surface area contributed by atoms with Crippen LogP contribution < -0.4 is 0 Å². The van der Waals surface area contributed by atoms with Crippen molar-refractivity contribution in [1.29, 1.82) is 0 Å². The summed E-state index contributed by atoms with van der Waals surface area (Å²) in [7, 11) is 0. The highest BCUT2D eigenvalue weighted by atomic mass is 16.6. The molecule has 0 saturated carbocycles. The number of nitrogens with zero attached hydrogens (tertiary/aromatic N) is 3. The Balaban J connectivity index is 1.45. The predicted molar refractivity (Wildman–Crippen MR) is 133 cm³/mol. The summed E-state index contributed by atoms with van der Waals surface area (Å²) < 4.78 is 0. The Morgan fingerprint density at radius 1 is 0.788 bits per heavy atom. The van der Waals surface area contributed by atoms with Crippen molar-refractivity contribution in [3.63, 3.8) is 0 Å². The summed E-state index contributed by atoms with van der Waals surface area (Å²) in [5, 5.41) is 13.6. The molecule has 3 aromatic carbocycles. The van der Waals surface area contributed by atoms with Gasteiger partial charge in [-0.25, -0.2) is 0 Å². The second kappa shape index (κ2) is 8.28. The van der Waals surface area contributed by atoms with E-state index in [0.717, 1.165) is 44.9 Å². The van der Waals surface area contributed by atoms with Crippen molar-refractivity contribution in [2.24, 2.45) is 5.16 Å². The molecule has 164 valence electrons. The highest BCUT2D eigenvalue weighted by molar-refractivity contribution is 6.23. The zero-order valence-electron chi connectivity index (χ0n) is 19.5. The Labute approximate surface area is 195 Å². The van der Waals surface area contributed by atoms with Crippen molar-refractivity contribution in [2.45, 2.75) is 39.7 Å². The average molecular weight is 434 g/mol. The van der Waals surface area contributed by atoms with Crippen LogP contribution >= 0.6 is 0 Å². The third-order valence-corrected chi connectivity index (χ3v) is 6.04. The molecule has 0 fully saturated rings. The molecule has 5 rings (SSSR count). The van der Waals surface area contributed by atoms with Gasteiger partial charge in [0.1, 0.15) is 18.0 Å². The molecule has 0 saturated heterocycles. The Kier molecular flexibility index (Phi) is 5.29. The number of benzene rings is 3. The fourth-order valence-electron chi connectivity index (χ4n) is 4.05. The highest BCUT2D eigenvalue weighted by Gasteiger charge is 2.28. The smallest absolute Gasteiger partial charge is 0.142 e. The first-order valence-corrected chi connectivity index (χ1v) is 11.2. The van der Waals surface area contributed by atoms with E-state index < -0.39 is 0 Å². The summed E-state index contributed by atoms with van der Waals surface area (Å²) in [6, 6.07) is 27.1. The molecule has 4 aromatic rings. The average Bonchev–Trinajstić information content (AvgIpc) is 3.12. The van der Waals surface area contributed by atoms with Crippen LogP contribution in [0.15, 0.2) is 84.0 Å². The van der Waals surface area contributed by atoms with Gasteiger partial charge in [-0.2, -0.15) is 0 Å². The third kappa shape index (κ3) is 4.17. The fraction of sp³-hybridized carbons (Fsp3) is 0.207. The molecule has 33 heavy (non-hydrogen) atoms. The Bertz CT molecular complexity index is 1330. The first-order valence-electron chi connectivity index (χ1n) is 11.2. The van der Waals surface area contributed by atoms with Crippen molar-refractivity contribution < 1.29 is 4.84 Å². The van der Waals surface area contributed by atoms with Gasteiger partial charge in [-0.05, 0) is 29.5 Å². The molecule has 0 spiro atoms. The van der Waals surface area contributed by atoms with Crippen LogP contribution in [0, 0.1) is 6.92 Å². The van der Waals surface area contributed by atoms with E-state index in [1.807, 2.05) is 12.1 Å². The van der Waals surface area contributed by atoms with Crippen LogP contribution in [-0.2, 0) is 16.9 Å². The number of rotatable bonds is 4. The summed E-state index contributed by atoms with van der Waals surface area (Å²) in [6.07, 6.45) is 0. The standard InChI is InChI=1S/C29H27N3O/c1-19-9-13-21(14-10-19)26-17-25-27(31-30-26)23-7-5-6-8-24(23)28(25)32-33-18-20-11-15-22(16-12-20)29(2,3)4/h5-17H,18H2,1-4H3. The lowest BCUT2D eigenvalue weighted by Crippen LogP contribution is -2.10. The maximum absolute atomic E-state index is 5.84. The van der Waals surface area contributed by atoms with Gasteiger partial charge in [0.25, 0.3) is 0 Å². The predicted octanol–water partition coefficient (Wildman–Crippen LogP) is 6.70. The van der Waals surface area contributed by atoms with E-state index in [1.54, 1.807) is 0 Å². The molecule has 0 unspecified atom stereocenters. The van der Waals surface area contributed by atoms with E-state index in [1.165, 1.54) is 11.1 Å². The molecule has 0 atom stereocenters.